The minimum atomic E-state index is -0.147. The van der Waals surface area contributed by atoms with Gasteiger partial charge >= 0.3 is 5.97 Å². The maximum atomic E-state index is 11.5. The largest absolute Gasteiger partial charge is 0.493 e. The molecule has 0 saturated carbocycles. The molecule has 0 amide bonds. The normalized spacial score (nSPS) is 12.4. The molecule has 3 heteroatoms. The molecule has 110 valence electrons. The van der Waals surface area contributed by atoms with Gasteiger partial charge in [0.15, 0.2) is 0 Å². The lowest BCUT2D eigenvalue weighted by atomic mass is 10.1. The standard InChI is InChI=1S/C17H24O3/c1-5-19-16-11-10-13(3)12-15(16)9-7-8-14(4)17(18)20-6-2/h7,9-12,14H,5-6,8H2,1-4H3/b9-7+. The third kappa shape index (κ3) is 5.08. The van der Waals surface area contributed by atoms with Crippen molar-refractivity contribution < 1.29 is 14.3 Å². The van der Waals surface area contributed by atoms with Crippen LogP contribution in [-0.2, 0) is 9.53 Å². The van der Waals surface area contributed by atoms with E-state index in [1.165, 1.54) is 5.56 Å². The van der Waals surface area contributed by atoms with Crippen molar-refractivity contribution in [1.29, 1.82) is 0 Å². The molecule has 0 saturated heterocycles. The van der Waals surface area contributed by atoms with E-state index < -0.39 is 0 Å². The Bertz CT molecular complexity index is 463. The molecule has 0 aliphatic heterocycles. The van der Waals surface area contributed by atoms with Gasteiger partial charge in [-0.25, -0.2) is 0 Å². The second-order valence-corrected chi connectivity index (χ2v) is 4.77. The molecule has 1 aromatic rings. The van der Waals surface area contributed by atoms with E-state index in [0.29, 0.717) is 19.6 Å². The van der Waals surface area contributed by atoms with Gasteiger partial charge in [0, 0.05) is 5.56 Å². The van der Waals surface area contributed by atoms with Crippen LogP contribution in [0.1, 0.15) is 38.3 Å². The van der Waals surface area contributed by atoms with Gasteiger partial charge in [-0.3, -0.25) is 4.79 Å². The topological polar surface area (TPSA) is 35.5 Å². The number of hydrogen-bond acceptors (Lipinski definition) is 3. The third-order valence-electron chi connectivity index (χ3n) is 2.94. The number of benzene rings is 1. The first kappa shape index (κ1) is 16.3. The van der Waals surface area contributed by atoms with E-state index in [2.05, 4.69) is 6.07 Å². The fourth-order valence-electron chi connectivity index (χ4n) is 1.86. The van der Waals surface area contributed by atoms with E-state index in [1.807, 2.05) is 52.0 Å². The first-order chi connectivity index (χ1) is 9.58. The Hall–Kier alpha value is -1.77. The third-order valence-corrected chi connectivity index (χ3v) is 2.94. The van der Waals surface area contributed by atoms with Crippen LogP contribution in [-0.4, -0.2) is 19.2 Å². The van der Waals surface area contributed by atoms with Crippen LogP contribution >= 0.6 is 0 Å². The molecule has 0 heterocycles. The molecule has 0 aliphatic rings. The summed E-state index contributed by atoms with van der Waals surface area (Å²) >= 11 is 0. The highest BCUT2D eigenvalue weighted by Gasteiger charge is 2.11. The zero-order valence-electron chi connectivity index (χ0n) is 12.8. The van der Waals surface area contributed by atoms with Gasteiger partial charge in [0.1, 0.15) is 5.75 Å². The van der Waals surface area contributed by atoms with Gasteiger partial charge in [0.2, 0.25) is 0 Å². The summed E-state index contributed by atoms with van der Waals surface area (Å²) in [6.07, 6.45) is 4.67. The van der Waals surface area contributed by atoms with E-state index >= 15 is 0 Å². The van der Waals surface area contributed by atoms with Gasteiger partial charge in [-0.2, -0.15) is 0 Å². The molecular formula is C17H24O3. The van der Waals surface area contributed by atoms with Crippen molar-refractivity contribution in [1.82, 2.24) is 0 Å². The van der Waals surface area contributed by atoms with Crippen molar-refractivity contribution in [3.8, 4) is 5.75 Å². The fraction of sp³-hybridized carbons (Fsp3) is 0.471. The number of hydrogen-bond donors (Lipinski definition) is 0. The number of carbonyl (C=O) groups is 1. The van der Waals surface area contributed by atoms with Crippen molar-refractivity contribution in [3.05, 3.63) is 35.4 Å². The summed E-state index contributed by atoms with van der Waals surface area (Å²) in [5.41, 5.74) is 2.23. The van der Waals surface area contributed by atoms with E-state index in [-0.39, 0.29) is 11.9 Å². The maximum absolute atomic E-state index is 11.5. The number of allylic oxidation sites excluding steroid dienone is 1. The number of rotatable bonds is 7. The van der Waals surface area contributed by atoms with Crippen LogP contribution in [0.5, 0.6) is 5.75 Å². The first-order valence-corrected chi connectivity index (χ1v) is 7.15. The van der Waals surface area contributed by atoms with Gasteiger partial charge in [-0.1, -0.05) is 30.7 Å². The molecule has 20 heavy (non-hydrogen) atoms. The molecule has 0 aliphatic carbocycles. The van der Waals surface area contributed by atoms with Gasteiger partial charge in [0.25, 0.3) is 0 Å². The van der Waals surface area contributed by atoms with Crippen LogP contribution in [0, 0.1) is 12.8 Å². The molecular weight excluding hydrogens is 252 g/mol. The fourth-order valence-corrected chi connectivity index (χ4v) is 1.86. The monoisotopic (exact) mass is 276 g/mol. The van der Waals surface area contributed by atoms with Gasteiger partial charge in [0.05, 0.1) is 19.1 Å². The van der Waals surface area contributed by atoms with Crippen molar-refractivity contribution in [2.24, 2.45) is 5.92 Å². The van der Waals surface area contributed by atoms with Gasteiger partial charge < -0.3 is 9.47 Å². The molecule has 0 N–H and O–H groups in total. The highest BCUT2D eigenvalue weighted by atomic mass is 16.5. The summed E-state index contributed by atoms with van der Waals surface area (Å²) in [7, 11) is 0. The average Bonchev–Trinajstić information content (AvgIpc) is 2.42. The molecule has 0 bridgehead atoms. The van der Waals surface area contributed by atoms with Crippen LogP contribution in [0.4, 0.5) is 0 Å². The first-order valence-electron chi connectivity index (χ1n) is 7.15. The van der Waals surface area contributed by atoms with E-state index in [0.717, 1.165) is 11.3 Å². The number of esters is 1. The zero-order valence-corrected chi connectivity index (χ0v) is 12.8. The van der Waals surface area contributed by atoms with E-state index in [9.17, 15) is 4.79 Å². The van der Waals surface area contributed by atoms with Crippen molar-refractivity contribution in [2.45, 2.75) is 34.1 Å². The Kier molecular flexibility index (Phi) is 6.85. The summed E-state index contributed by atoms with van der Waals surface area (Å²) in [5.74, 6) is 0.608. The van der Waals surface area contributed by atoms with Crippen LogP contribution in [0.2, 0.25) is 0 Å². The van der Waals surface area contributed by atoms with Crippen LogP contribution in [0.15, 0.2) is 24.3 Å². The van der Waals surface area contributed by atoms with Gasteiger partial charge in [-0.15, -0.1) is 0 Å². The SMILES string of the molecule is CCOC(=O)C(C)C/C=C/c1cc(C)ccc1OCC. The minimum Gasteiger partial charge on any atom is -0.493 e. The number of ether oxygens (including phenoxy) is 2. The Morgan fingerprint density at radius 3 is 2.70 bits per heavy atom. The van der Waals surface area contributed by atoms with Crippen molar-refractivity contribution in [3.63, 3.8) is 0 Å². The molecule has 1 rings (SSSR count). The molecule has 0 aromatic heterocycles. The second-order valence-electron chi connectivity index (χ2n) is 4.77. The Balaban J connectivity index is 2.69. The predicted octanol–water partition coefficient (Wildman–Crippen LogP) is 4.00. The number of aryl methyl sites for hydroxylation is 1. The van der Waals surface area contributed by atoms with Crippen molar-refractivity contribution in [2.75, 3.05) is 13.2 Å². The molecule has 1 unspecified atom stereocenters. The summed E-state index contributed by atoms with van der Waals surface area (Å²) in [6, 6.07) is 6.09. The Morgan fingerprint density at radius 1 is 1.30 bits per heavy atom. The lowest BCUT2D eigenvalue weighted by Gasteiger charge is -2.09. The molecule has 3 nitrogen and oxygen atoms in total. The zero-order chi connectivity index (χ0) is 15.0. The lowest BCUT2D eigenvalue weighted by Crippen LogP contribution is -2.13. The summed E-state index contributed by atoms with van der Waals surface area (Å²) < 4.78 is 10.6. The summed E-state index contributed by atoms with van der Waals surface area (Å²) in [5, 5.41) is 0. The molecule has 1 atom stereocenters. The highest BCUT2D eigenvalue weighted by molar-refractivity contribution is 5.72. The molecule has 0 fully saturated rings. The maximum Gasteiger partial charge on any atom is 0.308 e. The predicted molar refractivity (Wildman–Crippen MR) is 81.8 cm³/mol. The average molecular weight is 276 g/mol. The summed E-state index contributed by atoms with van der Waals surface area (Å²) in [4.78, 5) is 11.5. The highest BCUT2D eigenvalue weighted by Crippen LogP contribution is 2.22. The lowest BCUT2D eigenvalue weighted by molar-refractivity contribution is -0.147. The second kappa shape index (κ2) is 8.41. The Labute approximate surface area is 121 Å². The van der Waals surface area contributed by atoms with E-state index in [4.69, 9.17) is 9.47 Å². The van der Waals surface area contributed by atoms with E-state index in [1.54, 1.807) is 0 Å². The van der Waals surface area contributed by atoms with Crippen molar-refractivity contribution >= 4 is 12.0 Å². The molecule has 0 spiro atoms. The smallest absolute Gasteiger partial charge is 0.308 e. The Morgan fingerprint density at radius 2 is 2.05 bits per heavy atom. The van der Waals surface area contributed by atoms with Crippen LogP contribution in [0.3, 0.4) is 0 Å². The quantitative estimate of drug-likeness (QED) is 0.706. The van der Waals surface area contributed by atoms with Crippen LogP contribution in [0.25, 0.3) is 6.08 Å². The minimum absolute atomic E-state index is 0.119. The van der Waals surface area contributed by atoms with Crippen LogP contribution < -0.4 is 4.74 Å². The van der Waals surface area contributed by atoms with Gasteiger partial charge in [-0.05, 0) is 39.3 Å². The number of carbonyl (C=O) groups excluding carboxylic acids is 1. The summed E-state index contributed by atoms with van der Waals surface area (Å²) in [6.45, 7) is 8.79. The molecule has 1 aromatic carbocycles. The molecule has 0 radical (unpaired) electrons.